The van der Waals surface area contributed by atoms with Crippen LogP contribution in [0.3, 0.4) is 0 Å². The van der Waals surface area contributed by atoms with Crippen LogP contribution in [-0.2, 0) is 16.0 Å². The zero-order chi connectivity index (χ0) is 19.9. The van der Waals surface area contributed by atoms with E-state index >= 15 is 0 Å². The summed E-state index contributed by atoms with van der Waals surface area (Å²) in [7, 11) is 0. The Balaban J connectivity index is 1.95. The Kier molecular flexibility index (Phi) is 7.09. The molecule has 1 aromatic carbocycles. The number of likely N-dealkylation sites (tertiary alicyclic amines) is 1. The number of ether oxygens (including phenoxy) is 1. The van der Waals surface area contributed by atoms with Crippen molar-refractivity contribution in [1.82, 2.24) is 15.5 Å². The Morgan fingerprint density at radius 3 is 2.39 bits per heavy atom. The fraction of sp³-hybridized carbons (Fsp3) is 0.545. The molecule has 3 rings (SSSR count). The van der Waals surface area contributed by atoms with E-state index in [0.29, 0.717) is 24.4 Å². The molecule has 2 amide bonds. The Morgan fingerprint density at radius 2 is 1.79 bits per heavy atom. The van der Waals surface area contributed by atoms with Crippen LogP contribution in [0.25, 0.3) is 0 Å². The Bertz CT molecular complexity index is 719. The van der Waals surface area contributed by atoms with E-state index in [1.54, 1.807) is 6.92 Å². The van der Waals surface area contributed by atoms with E-state index in [1.807, 2.05) is 24.3 Å². The number of amides is 2. The molecule has 2 aliphatic rings. The quantitative estimate of drug-likeness (QED) is 0.737. The van der Waals surface area contributed by atoms with Crippen LogP contribution in [0.2, 0.25) is 0 Å². The maximum Gasteiger partial charge on any atom is 0.338 e. The van der Waals surface area contributed by atoms with Gasteiger partial charge in [-0.3, -0.25) is 4.90 Å². The molecule has 152 valence electrons. The summed E-state index contributed by atoms with van der Waals surface area (Å²) in [4.78, 5) is 27.6. The molecule has 1 atom stereocenters. The van der Waals surface area contributed by atoms with E-state index in [4.69, 9.17) is 4.74 Å². The van der Waals surface area contributed by atoms with E-state index < -0.39 is 6.04 Å². The third-order valence-electron chi connectivity index (χ3n) is 5.45. The number of aryl methyl sites for hydroxylation is 1. The van der Waals surface area contributed by atoms with Crippen molar-refractivity contribution < 1.29 is 14.3 Å². The largest absolute Gasteiger partial charge is 0.463 e. The fourth-order valence-corrected chi connectivity index (χ4v) is 3.91. The number of nitrogens with zero attached hydrogens (tertiary/aromatic N) is 1. The van der Waals surface area contributed by atoms with E-state index in [9.17, 15) is 9.59 Å². The highest BCUT2D eigenvalue weighted by Gasteiger charge is 2.34. The fourth-order valence-electron chi connectivity index (χ4n) is 3.91. The second-order valence-electron chi connectivity index (χ2n) is 7.43. The van der Waals surface area contributed by atoms with Crippen molar-refractivity contribution in [2.45, 2.75) is 52.0 Å². The lowest BCUT2D eigenvalue weighted by Gasteiger charge is -2.32. The van der Waals surface area contributed by atoms with Gasteiger partial charge in [-0.1, -0.05) is 44.0 Å². The van der Waals surface area contributed by atoms with Gasteiger partial charge in [0.1, 0.15) is 0 Å². The van der Waals surface area contributed by atoms with E-state index in [2.05, 4.69) is 22.5 Å². The normalized spacial score (nSPS) is 20.9. The van der Waals surface area contributed by atoms with Crippen LogP contribution in [0.5, 0.6) is 0 Å². The molecule has 0 unspecified atom stereocenters. The summed E-state index contributed by atoms with van der Waals surface area (Å²) in [5.41, 5.74) is 3.28. The van der Waals surface area contributed by atoms with Crippen molar-refractivity contribution in [1.29, 1.82) is 0 Å². The van der Waals surface area contributed by atoms with Gasteiger partial charge in [0.25, 0.3) is 0 Å². The first-order valence-corrected chi connectivity index (χ1v) is 10.4. The minimum Gasteiger partial charge on any atom is -0.463 e. The highest BCUT2D eigenvalue weighted by Crippen LogP contribution is 2.29. The number of rotatable bonds is 6. The maximum absolute atomic E-state index is 12.8. The van der Waals surface area contributed by atoms with Gasteiger partial charge in [-0.2, -0.15) is 0 Å². The first-order valence-electron chi connectivity index (χ1n) is 10.4. The molecule has 2 aliphatic heterocycles. The summed E-state index contributed by atoms with van der Waals surface area (Å²) in [5, 5.41) is 5.79. The molecular formula is C22H31N3O3. The van der Waals surface area contributed by atoms with Crippen LogP contribution in [0.4, 0.5) is 4.79 Å². The molecule has 0 aliphatic carbocycles. The average Bonchev–Trinajstić information content (AvgIpc) is 2.96. The predicted octanol–water partition coefficient (Wildman–Crippen LogP) is 3.30. The highest BCUT2D eigenvalue weighted by molar-refractivity contribution is 5.95. The molecule has 1 saturated heterocycles. The Hall–Kier alpha value is -2.34. The summed E-state index contributed by atoms with van der Waals surface area (Å²) in [6.07, 6.45) is 5.72. The molecule has 2 heterocycles. The molecular weight excluding hydrogens is 354 g/mol. The molecule has 0 saturated carbocycles. The number of carbonyl (C=O) groups is 2. The van der Waals surface area contributed by atoms with Crippen LogP contribution >= 0.6 is 0 Å². The van der Waals surface area contributed by atoms with Crippen LogP contribution in [0.1, 0.15) is 56.7 Å². The summed E-state index contributed by atoms with van der Waals surface area (Å²) in [6, 6.07) is 7.28. The number of nitrogens with one attached hydrogen (secondary N) is 2. The topological polar surface area (TPSA) is 70.7 Å². The van der Waals surface area contributed by atoms with Crippen molar-refractivity contribution in [3.63, 3.8) is 0 Å². The standard InChI is InChI=1S/C22H31N3O3/c1-3-16-9-11-17(12-10-16)20-19(21(26)28-4-2)18(23-22(27)24-20)15-25-13-7-5-6-8-14-25/h9-12,20H,3-8,13-15H2,1-2H3,(H2,23,24,27)/t20-/m0/s1. The predicted molar refractivity (Wildman–Crippen MR) is 109 cm³/mol. The molecule has 6 heteroatoms. The van der Waals surface area contributed by atoms with E-state index in [1.165, 1.54) is 18.4 Å². The monoisotopic (exact) mass is 385 g/mol. The van der Waals surface area contributed by atoms with Crippen molar-refractivity contribution in [3.8, 4) is 0 Å². The smallest absolute Gasteiger partial charge is 0.338 e. The molecule has 1 aromatic rings. The zero-order valence-electron chi connectivity index (χ0n) is 16.9. The lowest BCUT2D eigenvalue weighted by Crippen LogP contribution is -2.48. The molecule has 0 aromatic heterocycles. The van der Waals surface area contributed by atoms with Crippen LogP contribution in [-0.4, -0.2) is 43.1 Å². The van der Waals surface area contributed by atoms with Gasteiger partial charge in [0, 0.05) is 12.2 Å². The summed E-state index contributed by atoms with van der Waals surface area (Å²) in [5.74, 6) is -0.371. The number of esters is 1. The van der Waals surface area contributed by atoms with Crippen molar-refractivity contribution in [3.05, 3.63) is 46.7 Å². The van der Waals surface area contributed by atoms with Crippen molar-refractivity contribution in [2.75, 3.05) is 26.2 Å². The minimum atomic E-state index is -0.499. The zero-order valence-corrected chi connectivity index (χ0v) is 16.9. The van der Waals surface area contributed by atoms with Gasteiger partial charge in [0.05, 0.1) is 18.2 Å². The maximum atomic E-state index is 12.8. The number of urea groups is 1. The van der Waals surface area contributed by atoms with Gasteiger partial charge in [0.2, 0.25) is 0 Å². The molecule has 28 heavy (non-hydrogen) atoms. The van der Waals surface area contributed by atoms with Crippen LogP contribution in [0, 0.1) is 0 Å². The van der Waals surface area contributed by atoms with Crippen molar-refractivity contribution >= 4 is 12.0 Å². The minimum absolute atomic E-state index is 0.276. The van der Waals surface area contributed by atoms with Crippen molar-refractivity contribution in [2.24, 2.45) is 0 Å². The molecule has 6 nitrogen and oxygen atoms in total. The van der Waals surface area contributed by atoms with Crippen LogP contribution in [0.15, 0.2) is 35.5 Å². The number of benzene rings is 1. The second kappa shape index (κ2) is 9.73. The number of carbonyl (C=O) groups excluding carboxylic acids is 2. The Morgan fingerprint density at radius 1 is 1.11 bits per heavy atom. The average molecular weight is 386 g/mol. The summed E-state index contributed by atoms with van der Waals surface area (Å²) in [6.45, 7) is 6.73. The molecule has 0 bridgehead atoms. The van der Waals surface area contributed by atoms with Gasteiger partial charge in [-0.25, -0.2) is 9.59 Å². The van der Waals surface area contributed by atoms with Gasteiger partial charge in [0.15, 0.2) is 0 Å². The highest BCUT2D eigenvalue weighted by atomic mass is 16.5. The third kappa shape index (κ3) is 4.93. The second-order valence-corrected chi connectivity index (χ2v) is 7.43. The first-order chi connectivity index (χ1) is 13.6. The number of hydrogen-bond acceptors (Lipinski definition) is 4. The SMILES string of the molecule is CCOC(=O)C1=C(CN2CCCCCC2)NC(=O)N[C@H]1c1ccc(CC)cc1. The van der Waals surface area contributed by atoms with Gasteiger partial charge < -0.3 is 15.4 Å². The van der Waals surface area contributed by atoms with Gasteiger partial charge in [-0.05, 0) is 50.4 Å². The van der Waals surface area contributed by atoms with E-state index in [-0.39, 0.29) is 12.0 Å². The third-order valence-corrected chi connectivity index (χ3v) is 5.45. The Labute approximate surface area is 167 Å². The summed E-state index contributed by atoms with van der Waals surface area (Å²) >= 11 is 0. The molecule has 1 fully saturated rings. The van der Waals surface area contributed by atoms with Gasteiger partial charge in [-0.15, -0.1) is 0 Å². The molecule has 2 N–H and O–H groups in total. The van der Waals surface area contributed by atoms with Crippen LogP contribution < -0.4 is 10.6 Å². The molecule has 0 spiro atoms. The lowest BCUT2D eigenvalue weighted by molar-refractivity contribution is -0.139. The first kappa shape index (κ1) is 20.4. The van der Waals surface area contributed by atoms with E-state index in [0.717, 1.165) is 37.9 Å². The lowest BCUT2D eigenvalue weighted by atomic mass is 9.94. The number of hydrogen-bond donors (Lipinski definition) is 2. The van der Waals surface area contributed by atoms with Gasteiger partial charge >= 0.3 is 12.0 Å². The molecule has 0 radical (unpaired) electrons. The summed E-state index contributed by atoms with van der Waals surface area (Å²) < 4.78 is 5.35.